The number of benzene rings is 5. The number of allylic oxidation sites excluding steroid dienone is 1. The van der Waals surface area contributed by atoms with E-state index in [2.05, 4.69) is 152 Å². The van der Waals surface area contributed by atoms with Gasteiger partial charge in [-0.15, -0.1) is 0 Å². The zero-order chi connectivity index (χ0) is 32.1. The quantitative estimate of drug-likeness (QED) is 0.191. The Balaban J connectivity index is 1.48. The fourth-order valence-corrected chi connectivity index (χ4v) is 10.1. The van der Waals surface area contributed by atoms with E-state index >= 15 is 0 Å². The van der Waals surface area contributed by atoms with E-state index in [4.69, 9.17) is 6.58 Å². The molecule has 5 aromatic carbocycles. The molecule has 0 aromatic heterocycles. The second-order valence-electron chi connectivity index (χ2n) is 16.3. The van der Waals surface area contributed by atoms with Gasteiger partial charge in [0.15, 0.2) is 0 Å². The molecule has 0 nitrogen and oxygen atoms in total. The number of hydrogen-bond donors (Lipinski definition) is 0. The predicted octanol–water partition coefficient (Wildman–Crippen LogP) is 11.7. The van der Waals surface area contributed by atoms with E-state index in [0.717, 1.165) is 0 Å². The first-order chi connectivity index (χ1) is 21.8. The second kappa shape index (κ2) is 8.48. The Morgan fingerprint density at radius 1 is 0.370 bits per heavy atom. The third kappa shape index (κ3) is 3.16. The lowest BCUT2D eigenvalue weighted by molar-refractivity contribution is 0.494. The fraction of sp³-hybridized carbons (Fsp3) is 0.261. The van der Waals surface area contributed by atoms with Crippen LogP contribution < -0.4 is 0 Å². The molecule has 226 valence electrons. The molecule has 4 aliphatic rings. The Bertz CT molecular complexity index is 2230. The number of rotatable bonds is 2. The summed E-state index contributed by atoms with van der Waals surface area (Å²) in [6, 6.07) is 36.8. The number of hydrogen-bond acceptors (Lipinski definition) is 0. The summed E-state index contributed by atoms with van der Waals surface area (Å²) in [5, 5.41) is 0. The van der Waals surface area contributed by atoms with Crippen LogP contribution in [0.1, 0.15) is 111 Å². The zero-order valence-corrected chi connectivity index (χ0v) is 28.4. The molecule has 0 spiro atoms. The highest BCUT2D eigenvalue weighted by atomic mass is 14.6. The van der Waals surface area contributed by atoms with Crippen molar-refractivity contribution < 1.29 is 0 Å². The van der Waals surface area contributed by atoms with Gasteiger partial charge < -0.3 is 0 Å². The first-order valence-corrected chi connectivity index (χ1v) is 16.9. The van der Waals surface area contributed by atoms with Gasteiger partial charge in [0.2, 0.25) is 0 Å². The van der Waals surface area contributed by atoms with Crippen molar-refractivity contribution in [2.45, 2.75) is 77.0 Å². The van der Waals surface area contributed by atoms with Crippen molar-refractivity contribution in [3.8, 4) is 22.3 Å². The van der Waals surface area contributed by atoms with Crippen molar-refractivity contribution in [2.24, 2.45) is 0 Å². The van der Waals surface area contributed by atoms with E-state index in [9.17, 15) is 0 Å². The lowest BCUT2D eigenvalue weighted by Gasteiger charge is -2.48. The van der Waals surface area contributed by atoms with Crippen molar-refractivity contribution in [3.05, 3.63) is 165 Å². The molecule has 0 aliphatic heterocycles. The Morgan fingerprint density at radius 3 is 1.24 bits per heavy atom. The van der Waals surface area contributed by atoms with Crippen LogP contribution in [0.3, 0.4) is 0 Å². The summed E-state index contributed by atoms with van der Waals surface area (Å²) < 4.78 is 0. The van der Waals surface area contributed by atoms with E-state index in [1.54, 1.807) is 5.57 Å². The van der Waals surface area contributed by atoms with E-state index in [1.807, 2.05) is 0 Å². The summed E-state index contributed by atoms with van der Waals surface area (Å²) in [6.45, 7) is 24.7. The van der Waals surface area contributed by atoms with Gasteiger partial charge in [0.05, 0.1) is 0 Å². The van der Waals surface area contributed by atoms with Crippen LogP contribution >= 0.6 is 0 Å². The van der Waals surface area contributed by atoms with Gasteiger partial charge in [-0.3, -0.25) is 0 Å². The van der Waals surface area contributed by atoms with Crippen LogP contribution in [0.15, 0.2) is 109 Å². The van der Waals surface area contributed by atoms with Crippen molar-refractivity contribution in [1.82, 2.24) is 0 Å². The molecule has 0 heteroatoms. The summed E-state index contributed by atoms with van der Waals surface area (Å²) in [7, 11) is 0. The smallest absolute Gasteiger partial charge is 0.0159 e. The van der Waals surface area contributed by atoms with Crippen molar-refractivity contribution in [2.75, 3.05) is 0 Å². The molecule has 0 atom stereocenters. The minimum atomic E-state index is -0.250. The summed E-state index contributed by atoms with van der Waals surface area (Å²) in [5.74, 6) is 0. The van der Waals surface area contributed by atoms with E-state index < -0.39 is 0 Å². The molecule has 46 heavy (non-hydrogen) atoms. The highest BCUT2D eigenvalue weighted by Gasteiger charge is 2.54. The lowest BCUT2D eigenvalue weighted by atomic mass is 9.55. The van der Waals surface area contributed by atoms with E-state index in [0.29, 0.717) is 0 Å². The molecule has 9 rings (SSSR count). The Labute approximate surface area is 274 Å². The van der Waals surface area contributed by atoms with Crippen molar-refractivity contribution in [1.29, 1.82) is 0 Å². The van der Waals surface area contributed by atoms with Gasteiger partial charge >= 0.3 is 0 Å². The van der Waals surface area contributed by atoms with Gasteiger partial charge in [0, 0.05) is 21.7 Å². The van der Waals surface area contributed by atoms with Gasteiger partial charge in [0.1, 0.15) is 0 Å². The standard InChI is InChI=1S/C46H42/c1-26-37-33-22-29(27-16-12-10-13-17-27)23-34(37)45(6,7)42-41-39-35(24-30(25-36(39)46(42,8)9)28-18-14-11-15-19-28)44(4,5)32-21-20-31(43(33,2)3)38(26)40(32)41/h10-25H,1H2,2-9H3. The van der Waals surface area contributed by atoms with E-state index in [1.165, 1.54) is 89.0 Å². The Morgan fingerprint density at radius 2 is 0.761 bits per heavy atom. The maximum atomic E-state index is 4.98. The van der Waals surface area contributed by atoms with Crippen molar-refractivity contribution >= 4 is 11.1 Å². The highest BCUT2D eigenvalue weighted by molar-refractivity contribution is 6.06. The van der Waals surface area contributed by atoms with Crippen LogP contribution in [-0.2, 0) is 21.7 Å². The largest absolute Gasteiger partial charge is 0.0905 e. The highest BCUT2D eigenvalue weighted by Crippen LogP contribution is 2.66. The molecule has 0 unspecified atom stereocenters. The molecule has 0 saturated carbocycles. The summed E-state index contributed by atoms with van der Waals surface area (Å²) >= 11 is 0. The van der Waals surface area contributed by atoms with Crippen LogP contribution in [-0.4, -0.2) is 0 Å². The molecule has 0 N–H and O–H groups in total. The van der Waals surface area contributed by atoms with Gasteiger partial charge in [-0.1, -0.05) is 135 Å². The van der Waals surface area contributed by atoms with Gasteiger partial charge in [-0.2, -0.15) is 0 Å². The molecule has 5 aromatic rings. The Kier molecular flexibility index (Phi) is 5.14. The zero-order valence-electron chi connectivity index (χ0n) is 28.4. The van der Waals surface area contributed by atoms with E-state index in [-0.39, 0.29) is 21.7 Å². The molecule has 2 bridgehead atoms. The van der Waals surface area contributed by atoms with Crippen LogP contribution in [0.4, 0.5) is 0 Å². The summed E-state index contributed by atoms with van der Waals surface area (Å²) in [6.07, 6.45) is 0. The summed E-state index contributed by atoms with van der Waals surface area (Å²) in [4.78, 5) is 0. The molecule has 0 amide bonds. The molecule has 0 radical (unpaired) electrons. The van der Waals surface area contributed by atoms with Crippen LogP contribution in [0.2, 0.25) is 0 Å². The third-order valence-electron chi connectivity index (χ3n) is 12.3. The maximum absolute atomic E-state index is 4.98. The molecule has 0 heterocycles. The SMILES string of the molecule is C=C1c2c3cc(-c4ccccc4)cc2C(C)(C)c2ccc4c(c21)C1=C(C3(C)C)C(C)(C)c2cc(-c3ccccc3)cc(c21)C4(C)C. The minimum absolute atomic E-state index is 0.164. The average Bonchev–Trinajstić information content (AvgIpc) is 3.28. The molecule has 4 aliphatic carbocycles. The third-order valence-corrected chi connectivity index (χ3v) is 12.3. The van der Waals surface area contributed by atoms with Crippen LogP contribution in [0.25, 0.3) is 33.4 Å². The Hall–Kier alpha value is -4.42. The lowest BCUT2D eigenvalue weighted by Crippen LogP contribution is -2.38. The second-order valence-corrected chi connectivity index (χ2v) is 16.3. The maximum Gasteiger partial charge on any atom is 0.0159 e. The molecule has 0 saturated heterocycles. The average molecular weight is 595 g/mol. The van der Waals surface area contributed by atoms with Crippen LogP contribution in [0.5, 0.6) is 0 Å². The van der Waals surface area contributed by atoms with Gasteiger partial charge in [-0.25, -0.2) is 0 Å². The molecule has 0 fully saturated rings. The normalized spacial score (nSPS) is 19.5. The van der Waals surface area contributed by atoms with Gasteiger partial charge in [0.25, 0.3) is 0 Å². The monoisotopic (exact) mass is 594 g/mol. The topological polar surface area (TPSA) is 0 Å². The fourth-order valence-electron chi connectivity index (χ4n) is 10.1. The first kappa shape index (κ1) is 27.9. The van der Waals surface area contributed by atoms with Crippen molar-refractivity contribution in [3.63, 3.8) is 0 Å². The minimum Gasteiger partial charge on any atom is -0.0905 e. The predicted molar refractivity (Wildman–Crippen MR) is 195 cm³/mol. The van der Waals surface area contributed by atoms with Crippen LogP contribution in [0, 0.1) is 0 Å². The molecular formula is C46H42. The molecular weight excluding hydrogens is 553 g/mol. The first-order valence-electron chi connectivity index (χ1n) is 16.9. The summed E-state index contributed by atoms with van der Waals surface area (Å²) in [5.41, 5.74) is 22.8. The van der Waals surface area contributed by atoms with Gasteiger partial charge in [-0.05, 0) is 119 Å².